The zero-order chi connectivity index (χ0) is 20.8. The second kappa shape index (κ2) is 10.9. The molecule has 156 valence electrons. The number of carbonyl (C=O) groups excluding carboxylic acids is 1. The van der Waals surface area contributed by atoms with Crippen molar-refractivity contribution in [1.82, 2.24) is 0 Å². The first-order chi connectivity index (χ1) is 14.8. The number of ether oxygens (including phenoxy) is 1. The molecule has 0 atom stereocenters. The Morgan fingerprint density at radius 3 is 2.00 bits per heavy atom. The zero-order valence-corrected chi connectivity index (χ0v) is 20.1. The topological polar surface area (TPSA) is 26.3 Å². The van der Waals surface area contributed by atoms with E-state index in [-0.39, 0.29) is 10.6 Å². The van der Waals surface area contributed by atoms with Gasteiger partial charge in [0.25, 0.3) is 0 Å². The van der Waals surface area contributed by atoms with E-state index in [9.17, 15) is 4.79 Å². The average molecular weight is 473 g/mol. The lowest BCUT2D eigenvalue weighted by Crippen LogP contribution is -2.15. The van der Waals surface area contributed by atoms with Crippen molar-refractivity contribution in [2.75, 3.05) is 29.6 Å². The lowest BCUT2D eigenvalue weighted by atomic mass is 9.92. The second-order valence-electron chi connectivity index (χ2n) is 6.67. The van der Waals surface area contributed by atoms with Gasteiger partial charge in [-0.05, 0) is 23.6 Å². The van der Waals surface area contributed by atoms with Gasteiger partial charge in [-0.3, -0.25) is 0 Å². The molecule has 0 radical (unpaired) electrons. The number of thioether (sulfide) groups is 4. The molecule has 0 unspecified atom stereocenters. The molecule has 0 N–H and O–H groups in total. The Balaban J connectivity index is 2.01. The number of benzene rings is 2. The van der Waals surface area contributed by atoms with Crippen LogP contribution < -0.4 is 0 Å². The fraction of sp³-hybridized carbons (Fsp3) is 0.292. The van der Waals surface area contributed by atoms with Crippen LogP contribution in [-0.2, 0) is 9.53 Å². The van der Waals surface area contributed by atoms with Crippen LogP contribution in [0.25, 0.3) is 11.1 Å². The average Bonchev–Trinajstić information content (AvgIpc) is 3.50. The Bertz CT molecular complexity index is 924. The van der Waals surface area contributed by atoms with E-state index in [0.717, 1.165) is 50.9 Å². The van der Waals surface area contributed by atoms with E-state index < -0.39 is 0 Å². The lowest BCUT2D eigenvalue weighted by molar-refractivity contribution is -0.137. The quantitative estimate of drug-likeness (QED) is 0.345. The molecule has 4 rings (SSSR count). The second-order valence-corrected chi connectivity index (χ2v) is 11.9. The predicted molar refractivity (Wildman–Crippen MR) is 137 cm³/mol. The normalized spacial score (nSPS) is 17.7. The summed E-state index contributed by atoms with van der Waals surface area (Å²) in [7, 11) is 0. The summed E-state index contributed by atoms with van der Waals surface area (Å²) in [5.74, 6) is 4.12. The highest BCUT2D eigenvalue weighted by atomic mass is 32.2. The van der Waals surface area contributed by atoms with Crippen molar-refractivity contribution >= 4 is 64.2 Å². The summed E-state index contributed by atoms with van der Waals surface area (Å²) in [6, 6.07) is 20.7. The molecule has 0 saturated carbocycles. The van der Waals surface area contributed by atoms with Crippen molar-refractivity contribution in [3.05, 3.63) is 81.6 Å². The largest absolute Gasteiger partial charge is 0.462 e. The molecule has 2 heterocycles. The zero-order valence-electron chi connectivity index (χ0n) is 16.8. The maximum atomic E-state index is 13.5. The molecule has 2 fully saturated rings. The molecule has 2 aromatic rings. The van der Waals surface area contributed by atoms with Crippen LogP contribution in [0.3, 0.4) is 0 Å². The van der Waals surface area contributed by atoms with E-state index in [1.165, 1.54) is 4.24 Å². The molecule has 2 aliphatic heterocycles. The van der Waals surface area contributed by atoms with Crippen LogP contribution in [-0.4, -0.2) is 40.2 Å². The molecular formula is C24H24O2S4. The van der Waals surface area contributed by atoms with E-state index in [4.69, 9.17) is 4.74 Å². The lowest BCUT2D eigenvalue weighted by Gasteiger charge is -2.22. The Labute approximate surface area is 195 Å². The molecule has 2 saturated heterocycles. The third-order valence-corrected chi connectivity index (χ3v) is 10.5. The van der Waals surface area contributed by atoms with Crippen LogP contribution in [0.5, 0.6) is 0 Å². The summed E-state index contributed by atoms with van der Waals surface area (Å²) < 4.78 is 7.11. The molecule has 0 amide bonds. The molecule has 0 aromatic heterocycles. The van der Waals surface area contributed by atoms with Crippen molar-refractivity contribution < 1.29 is 9.53 Å². The Hall–Kier alpha value is -1.21. The third kappa shape index (κ3) is 4.98. The van der Waals surface area contributed by atoms with E-state index in [1.807, 2.05) is 78.2 Å². The van der Waals surface area contributed by atoms with Gasteiger partial charge in [0, 0.05) is 32.8 Å². The fourth-order valence-electron chi connectivity index (χ4n) is 3.51. The molecular weight excluding hydrogens is 449 g/mol. The standard InChI is InChI=1S/C24H24O2S4/c1-2-26-22(25)21(19(23-27-13-14-28-23)17-9-5-3-6-10-17)20(24-29-15-16-30-24)18-11-7-4-8-12-18/h3-12,23H,2,13-16H2,1H3/b21-19+. The fourth-order valence-corrected chi connectivity index (χ4v) is 9.12. The summed E-state index contributed by atoms with van der Waals surface area (Å²) in [6.07, 6.45) is 0. The number of hydrogen-bond acceptors (Lipinski definition) is 6. The van der Waals surface area contributed by atoms with Crippen LogP contribution in [0, 0.1) is 0 Å². The van der Waals surface area contributed by atoms with E-state index >= 15 is 0 Å². The maximum Gasteiger partial charge on any atom is 0.339 e. The van der Waals surface area contributed by atoms with Crippen LogP contribution in [0.4, 0.5) is 0 Å². The molecule has 2 aromatic carbocycles. The van der Waals surface area contributed by atoms with Gasteiger partial charge in [0.15, 0.2) is 0 Å². The summed E-state index contributed by atoms with van der Waals surface area (Å²) in [5.41, 5.74) is 5.06. The molecule has 6 heteroatoms. The summed E-state index contributed by atoms with van der Waals surface area (Å²) >= 11 is 7.55. The van der Waals surface area contributed by atoms with Crippen molar-refractivity contribution in [2.45, 2.75) is 11.5 Å². The van der Waals surface area contributed by atoms with E-state index in [1.54, 1.807) is 0 Å². The first kappa shape index (κ1) is 22.0. The number of carbonyl (C=O) groups is 1. The Morgan fingerprint density at radius 1 is 0.867 bits per heavy atom. The highest BCUT2D eigenvalue weighted by molar-refractivity contribution is 8.25. The summed E-state index contributed by atoms with van der Waals surface area (Å²) in [4.78, 5) is 13.5. The van der Waals surface area contributed by atoms with Crippen LogP contribution in [0.2, 0.25) is 0 Å². The van der Waals surface area contributed by atoms with Crippen molar-refractivity contribution in [3.63, 3.8) is 0 Å². The third-order valence-electron chi connectivity index (χ3n) is 4.76. The van der Waals surface area contributed by atoms with Crippen molar-refractivity contribution in [1.29, 1.82) is 0 Å². The van der Waals surface area contributed by atoms with Gasteiger partial charge >= 0.3 is 5.97 Å². The van der Waals surface area contributed by atoms with E-state index in [0.29, 0.717) is 6.61 Å². The van der Waals surface area contributed by atoms with Gasteiger partial charge in [-0.2, -0.15) is 0 Å². The van der Waals surface area contributed by atoms with Gasteiger partial charge in [0.2, 0.25) is 0 Å². The number of hydrogen-bond donors (Lipinski definition) is 0. The highest BCUT2D eigenvalue weighted by Crippen LogP contribution is 2.50. The molecule has 0 spiro atoms. The number of esters is 1. The minimum absolute atomic E-state index is 0.219. The van der Waals surface area contributed by atoms with Crippen LogP contribution >= 0.6 is 47.0 Å². The van der Waals surface area contributed by atoms with Crippen LogP contribution in [0.1, 0.15) is 18.1 Å². The molecule has 30 heavy (non-hydrogen) atoms. The minimum Gasteiger partial charge on any atom is -0.462 e. The molecule has 2 aliphatic rings. The Kier molecular flexibility index (Phi) is 7.99. The first-order valence-electron chi connectivity index (χ1n) is 10.0. The van der Waals surface area contributed by atoms with Crippen molar-refractivity contribution in [2.24, 2.45) is 0 Å². The van der Waals surface area contributed by atoms with Gasteiger partial charge in [-0.25, -0.2) is 4.79 Å². The monoisotopic (exact) mass is 472 g/mol. The molecule has 0 aliphatic carbocycles. The van der Waals surface area contributed by atoms with Gasteiger partial charge in [0.1, 0.15) is 0 Å². The molecule has 0 bridgehead atoms. The summed E-state index contributed by atoms with van der Waals surface area (Å²) in [5, 5.41) is 0. The van der Waals surface area contributed by atoms with Gasteiger partial charge in [-0.15, -0.1) is 47.0 Å². The minimum atomic E-state index is -0.219. The SMILES string of the molecule is CCOC(=O)/C(C(=C1SCCS1)c1ccccc1)=C(\c1ccccc1)C1SCCS1. The maximum absolute atomic E-state index is 13.5. The van der Waals surface area contributed by atoms with Gasteiger partial charge in [-0.1, -0.05) is 60.7 Å². The Morgan fingerprint density at radius 2 is 1.43 bits per heavy atom. The van der Waals surface area contributed by atoms with Crippen molar-refractivity contribution in [3.8, 4) is 0 Å². The highest BCUT2D eigenvalue weighted by Gasteiger charge is 2.33. The van der Waals surface area contributed by atoms with Gasteiger partial charge < -0.3 is 4.74 Å². The smallest absolute Gasteiger partial charge is 0.339 e. The van der Waals surface area contributed by atoms with Crippen LogP contribution in [0.15, 0.2) is 70.5 Å². The van der Waals surface area contributed by atoms with E-state index in [2.05, 4.69) is 36.4 Å². The predicted octanol–water partition coefficient (Wildman–Crippen LogP) is 6.66. The summed E-state index contributed by atoms with van der Waals surface area (Å²) in [6.45, 7) is 2.25. The number of rotatable bonds is 6. The van der Waals surface area contributed by atoms with Gasteiger partial charge in [0.05, 0.1) is 16.8 Å². The first-order valence-corrected chi connectivity index (χ1v) is 14.1. The molecule has 2 nitrogen and oxygen atoms in total.